The standard InChI is InChI=1S/C19H24O3/c1-12-6-7-15-14(9-12)18-16(21)10-13(5-4-8-20)11-17(18)22-19(15,2)3/h8-11,14-15,21H,4-7H2,1-3H3. The van der Waals surface area contributed by atoms with Crippen LogP contribution in [-0.2, 0) is 11.2 Å². The van der Waals surface area contributed by atoms with Crippen LogP contribution >= 0.6 is 0 Å². The molecule has 3 heteroatoms. The molecule has 118 valence electrons. The molecule has 0 aromatic heterocycles. The molecular weight excluding hydrogens is 276 g/mol. The van der Waals surface area contributed by atoms with Crippen LogP contribution in [0.5, 0.6) is 11.5 Å². The van der Waals surface area contributed by atoms with Gasteiger partial charge in [0.15, 0.2) is 0 Å². The molecular formula is C19H24O3. The number of ether oxygens (including phenoxy) is 1. The van der Waals surface area contributed by atoms with Gasteiger partial charge in [-0.05, 0) is 57.7 Å². The summed E-state index contributed by atoms with van der Waals surface area (Å²) < 4.78 is 6.25. The van der Waals surface area contributed by atoms with Crippen molar-refractivity contribution in [3.63, 3.8) is 0 Å². The number of aryl methyl sites for hydroxylation is 1. The number of phenols is 1. The van der Waals surface area contributed by atoms with Gasteiger partial charge in [0, 0.05) is 23.8 Å². The number of aromatic hydroxyl groups is 1. The summed E-state index contributed by atoms with van der Waals surface area (Å²) in [5.74, 6) is 1.68. The van der Waals surface area contributed by atoms with Gasteiger partial charge in [-0.15, -0.1) is 0 Å². The number of rotatable bonds is 3. The van der Waals surface area contributed by atoms with E-state index in [0.29, 0.717) is 24.5 Å². The first kappa shape index (κ1) is 15.1. The highest BCUT2D eigenvalue weighted by Gasteiger charge is 2.45. The van der Waals surface area contributed by atoms with Gasteiger partial charge in [0.1, 0.15) is 23.4 Å². The second-order valence-corrected chi connectivity index (χ2v) is 7.12. The Kier molecular flexibility index (Phi) is 3.75. The number of fused-ring (bicyclic) bond motifs is 3. The third-order valence-corrected chi connectivity index (χ3v) is 5.08. The van der Waals surface area contributed by atoms with E-state index in [4.69, 9.17) is 4.74 Å². The van der Waals surface area contributed by atoms with E-state index in [1.807, 2.05) is 6.07 Å². The molecule has 0 saturated heterocycles. The van der Waals surface area contributed by atoms with Gasteiger partial charge >= 0.3 is 0 Å². The van der Waals surface area contributed by atoms with Crippen LogP contribution in [0, 0.1) is 5.92 Å². The predicted octanol–water partition coefficient (Wildman–Crippen LogP) is 4.13. The molecule has 1 N–H and O–H groups in total. The topological polar surface area (TPSA) is 46.5 Å². The molecule has 0 fully saturated rings. The smallest absolute Gasteiger partial charge is 0.127 e. The van der Waals surface area contributed by atoms with Crippen molar-refractivity contribution in [2.75, 3.05) is 0 Å². The summed E-state index contributed by atoms with van der Waals surface area (Å²) in [5.41, 5.74) is 3.01. The molecule has 1 aliphatic carbocycles. The number of benzene rings is 1. The van der Waals surface area contributed by atoms with Gasteiger partial charge < -0.3 is 14.6 Å². The minimum atomic E-state index is -0.245. The number of allylic oxidation sites excluding steroid dienone is 2. The Bertz CT molecular complexity index is 628. The van der Waals surface area contributed by atoms with Crippen LogP contribution in [0.1, 0.15) is 57.1 Å². The second-order valence-electron chi connectivity index (χ2n) is 7.12. The average molecular weight is 300 g/mol. The number of aldehydes is 1. The number of hydrogen-bond acceptors (Lipinski definition) is 3. The van der Waals surface area contributed by atoms with Crippen LogP contribution in [0.25, 0.3) is 0 Å². The van der Waals surface area contributed by atoms with Crippen molar-refractivity contribution < 1.29 is 14.6 Å². The average Bonchev–Trinajstić information content (AvgIpc) is 2.43. The van der Waals surface area contributed by atoms with E-state index >= 15 is 0 Å². The molecule has 0 saturated carbocycles. The van der Waals surface area contributed by atoms with Crippen LogP contribution in [0.3, 0.4) is 0 Å². The van der Waals surface area contributed by atoms with Crippen molar-refractivity contribution in [3.8, 4) is 11.5 Å². The molecule has 22 heavy (non-hydrogen) atoms. The van der Waals surface area contributed by atoms with E-state index in [1.165, 1.54) is 5.57 Å². The van der Waals surface area contributed by atoms with Gasteiger partial charge in [-0.2, -0.15) is 0 Å². The number of hydrogen-bond donors (Lipinski definition) is 1. The molecule has 3 nitrogen and oxygen atoms in total. The van der Waals surface area contributed by atoms with Crippen molar-refractivity contribution in [1.29, 1.82) is 0 Å². The first-order valence-electron chi connectivity index (χ1n) is 8.08. The van der Waals surface area contributed by atoms with Crippen LogP contribution in [-0.4, -0.2) is 17.0 Å². The van der Waals surface area contributed by atoms with Crippen molar-refractivity contribution in [3.05, 3.63) is 34.9 Å². The van der Waals surface area contributed by atoms with Crippen LogP contribution in [0.2, 0.25) is 0 Å². The molecule has 0 bridgehead atoms. The van der Waals surface area contributed by atoms with Gasteiger partial charge in [-0.25, -0.2) is 0 Å². The minimum absolute atomic E-state index is 0.215. The Morgan fingerprint density at radius 1 is 1.41 bits per heavy atom. The highest BCUT2D eigenvalue weighted by molar-refractivity contribution is 5.55. The molecule has 1 aliphatic heterocycles. The maximum Gasteiger partial charge on any atom is 0.127 e. The summed E-state index contributed by atoms with van der Waals surface area (Å²) in [5, 5.41) is 10.5. The van der Waals surface area contributed by atoms with Crippen molar-refractivity contribution in [1.82, 2.24) is 0 Å². The van der Waals surface area contributed by atoms with Crippen molar-refractivity contribution in [2.24, 2.45) is 5.92 Å². The van der Waals surface area contributed by atoms with Crippen molar-refractivity contribution >= 4 is 6.29 Å². The van der Waals surface area contributed by atoms with Crippen LogP contribution in [0.4, 0.5) is 0 Å². The molecule has 0 spiro atoms. The lowest BCUT2D eigenvalue weighted by Gasteiger charge is -2.46. The largest absolute Gasteiger partial charge is 0.507 e. The number of carbonyl (C=O) groups is 1. The Labute approximate surface area is 132 Å². The molecule has 1 heterocycles. The van der Waals surface area contributed by atoms with E-state index < -0.39 is 0 Å². The van der Waals surface area contributed by atoms with Crippen LogP contribution in [0.15, 0.2) is 23.8 Å². The Balaban J connectivity index is 2.08. The zero-order valence-electron chi connectivity index (χ0n) is 13.6. The number of carbonyl (C=O) groups excluding carboxylic acids is 1. The molecule has 3 rings (SSSR count). The second kappa shape index (κ2) is 5.45. The fraction of sp³-hybridized carbons (Fsp3) is 0.526. The summed E-state index contributed by atoms with van der Waals surface area (Å²) in [6.45, 7) is 6.43. The Morgan fingerprint density at radius 2 is 2.18 bits per heavy atom. The Morgan fingerprint density at radius 3 is 2.91 bits per heavy atom. The monoisotopic (exact) mass is 300 g/mol. The molecule has 2 unspecified atom stereocenters. The van der Waals surface area contributed by atoms with Crippen LogP contribution < -0.4 is 4.74 Å². The van der Waals surface area contributed by atoms with E-state index in [-0.39, 0.29) is 11.5 Å². The summed E-state index contributed by atoms with van der Waals surface area (Å²) in [4.78, 5) is 10.6. The SMILES string of the molecule is CC1=CC2c3c(O)cc(CCC=O)cc3OC(C)(C)C2CC1. The molecule has 1 aromatic rings. The van der Waals surface area contributed by atoms with Gasteiger partial charge in [-0.1, -0.05) is 11.6 Å². The Hall–Kier alpha value is -1.77. The van der Waals surface area contributed by atoms with Gasteiger partial charge in [0.05, 0.1) is 0 Å². The van der Waals surface area contributed by atoms with Crippen molar-refractivity contribution in [2.45, 2.75) is 58.0 Å². The van der Waals surface area contributed by atoms with Gasteiger partial charge in [0.25, 0.3) is 0 Å². The van der Waals surface area contributed by atoms with Gasteiger partial charge in [0.2, 0.25) is 0 Å². The fourth-order valence-corrected chi connectivity index (χ4v) is 3.95. The normalized spacial score (nSPS) is 25.5. The quantitative estimate of drug-likeness (QED) is 0.674. The summed E-state index contributed by atoms with van der Waals surface area (Å²) in [7, 11) is 0. The minimum Gasteiger partial charge on any atom is -0.507 e. The number of phenolic OH excluding ortho intramolecular Hbond substituents is 1. The summed E-state index contributed by atoms with van der Waals surface area (Å²) >= 11 is 0. The fourth-order valence-electron chi connectivity index (χ4n) is 3.95. The third kappa shape index (κ3) is 2.53. The summed E-state index contributed by atoms with van der Waals surface area (Å²) in [6.07, 6.45) is 6.49. The van der Waals surface area contributed by atoms with E-state index in [0.717, 1.165) is 36.0 Å². The lowest BCUT2D eigenvalue weighted by molar-refractivity contribution is -0.107. The molecule has 2 atom stereocenters. The van der Waals surface area contributed by atoms with E-state index in [2.05, 4.69) is 26.8 Å². The highest BCUT2D eigenvalue weighted by Crippen LogP contribution is 2.53. The maximum atomic E-state index is 10.6. The maximum absolute atomic E-state index is 10.6. The summed E-state index contributed by atoms with van der Waals surface area (Å²) in [6, 6.07) is 3.78. The highest BCUT2D eigenvalue weighted by atomic mass is 16.5. The zero-order valence-corrected chi connectivity index (χ0v) is 13.6. The molecule has 2 aliphatic rings. The molecule has 0 amide bonds. The first-order valence-corrected chi connectivity index (χ1v) is 8.08. The van der Waals surface area contributed by atoms with E-state index in [1.54, 1.807) is 6.07 Å². The predicted molar refractivity (Wildman–Crippen MR) is 86.4 cm³/mol. The third-order valence-electron chi connectivity index (χ3n) is 5.08. The first-order chi connectivity index (χ1) is 10.4. The zero-order chi connectivity index (χ0) is 15.9. The molecule has 0 radical (unpaired) electrons. The lowest BCUT2D eigenvalue weighted by Crippen LogP contribution is -2.45. The molecule has 1 aromatic carbocycles. The van der Waals surface area contributed by atoms with E-state index in [9.17, 15) is 9.90 Å². The van der Waals surface area contributed by atoms with Gasteiger partial charge in [-0.3, -0.25) is 0 Å². The lowest BCUT2D eigenvalue weighted by atomic mass is 9.68.